The Balaban J connectivity index is 1.98. The van der Waals surface area contributed by atoms with Gasteiger partial charge in [0.15, 0.2) is 0 Å². The molecule has 3 heteroatoms. The summed E-state index contributed by atoms with van der Waals surface area (Å²) in [5.74, 6) is 0.846. The molecule has 86 valence electrons. The summed E-state index contributed by atoms with van der Waals surface area (Å²) in [5, 5.41) is 7.28. The van der Waals surface area contributed by atoms with Gasteiger partial charge in [-0.25, -0.2) is 0 Å². The summed E-state index contributed by atoms with van der Waals surface area (Å²) in [6.45, 7) is 0.542. The standard InChI is InChI=1S/C14H14N2O/c15-14(16)12-6-8-13(9-7-12)17-10-11-4-2-1-3-5-11/h1-9H,10H2,(H3,15,16). The number of hydrogen-bond donors (Lipinski definition) is 2. The number of nitrogens with one attached hydrogen (secondary N) is 1. The fraction of sp³-hybridized carbons (Fsp3) is 0.0714. The Hall–Kier alpha value is -2.29. The van der Waals surface area contributed by atoms with E-state index in [0.29, 0.717) is 12.2 Å². The average Bonchev–Trinajstić information content (AvgIpc) is 2.38. The highest BCUT2D eigenvalue weighted by atomic mass is 16.5. The fourth-order valence-corrected chi connectivity index (χ4v) is 1.47. The van der Waals surface area contributed by atoms with Crippen molar-refractivity contribution in [2.45, 2.75) is 6.61 Å². The lowest BCUT2D eigenvalue weighted by Crippen LogP contribution is -2.10. The molecule has 0 fully saturated rings. The highest BCUT2D eigenvalue weighted by Gasteiger charge is 1.98. The van der Waals surface area contributed by atoms with Gasteiger partial charge in [-0.1, -0.05) is 30.3 Å². The molecule has 0 aromatic heterocycles. The number of hydrogen-bond acceptors (Lipinski definition) is 2. The molecular formula is C14H14N2O. The fourth-order valence-electron chi connectivity index (χ4n) is 1.47. The van der Waals surface area contributed by atoms with Gasteiger partial charge in [-0.15, -0.1) is 0 Å². The molecule has 0 spiro atoms. The van der Waals surface area contributed by atoms with Crippen LogP contribution in [0.4, 0.5) is 0 Å². The van der Waals surface area contributed by atoms with Gasteiger partial charge in [-0.05, 0) is 29.8 Å². The molecule has 0 aliphatic heterocycles. The summed E-state index contributed by atoms with van der Waals surface area (Å²) in [4.78, 5) is 0. The van der Waals surface area contributed by atoms with Gasteiger partial charge in [-0.2, -0.15) is 0 Å². The summed E-state index contributed by atoms with van der Waals surface area (Å²) < 4.78 is 5.62. The molecule has 2 aromatic carbocycles. The predicted octanol–water partition coefficient (Wildman–Crippen LogP) is 2.55. The van der Waals surface area contributed by atoms with Gasteiger partial charge >= 0.3 is 0 Å². The van der Waals surface area contributed by atoms with E-state index in [1.54, 1.807) is 12.1 Å². The molecule has 0 heterocycles. The molecule has 0 saturated heterocycles. The Morgan fingerprint density at radius 3 is 2.24 bits per heavy atom. The predicted molar refractivity (Wildman–Crippen MR) is 68.2 cm³/mol. The second-order valence-corrected chi connectivity index (χ2v) is 3.71. The molecular weight excluding hydrogens is 212 g/mol. The van der Waals surface area contributed by atoms with Gasteiger partial charge in [0.1, 0.15) is 18.2 Å². The lowest BCUT2D eigenvalue weighted by molar-refractivity contribution is 0.306. The van der Waals surface area contributed by atoms with Crippen LogP contribution in [0.2, 0.25) is 0 Å². The van der Waals surface area contributed by atoms with E-state index in [9.17, 15) is 0 Å². The Labute approximate surface area is 100 Å². The minimum absolute atomic E-state index is 0.0691. The molecule has 2 aromatic rings. The van der Waals surface area contributed by atoms with Crippen molar-refractivity contribution in [1.29, 1.82) is 5.41 Å². The Bertz CT molecular complexity index is 491. The molecule has 0 radical (unpaired) electrons. The molecule has 3 nitrogen and oxygen atoms in total. The summed E-state index contributed by atoms with van der Waals surface area (Å²) in [5.41, 5.74) is 7.20. The van der Waals surface area contributed by atoms with E-state index in [1.165, 1.54) is 0 Å². The summed E-state index contributed by atoms with van der Waals surface area (Å²) >= 11 is 0. The van der Waals surface area contributed by atoms with Crippen LogP contribution in [0.5, 0.6) is 5.75 Å². The summed E-state index contributed by atoms with van der Waals surface area (Å²) in [7, 11) is 0. The smallest absolute Gasteiger partial charge is 0.122 e. The minimum Gasteiger partial charge on any atom is -0.489 e. The molecule has 0 atom stereocenters. The molecule has 0 unspecified atom stereocenters. The zero-order valence-corrected chi connectivity index (χ0v) is 9.39. The first kappa shape index (κ1) is 11.2. The van der Waals surface area contributed by atoms with Crippen LogP contribution in [0.3, 0.4) is 0 Å². The van der Waals surface area contributed by atoms with Gasteiger partial charge in [0.05, 0.1) is 0 Å². The van der Waals surface area contributed by atoms with Crippen LogP contribution in [-0.2, 0) is 6.61 Å². The van der Waals surface area contributed by atoms with E-state index < -0.39 is 0 Å². The maximum atomic E-state index is 7.28. The molecule has 0 aliphatic rings. The van der Waals surface area contributed by atoms with Crippen molar-refractivity contribution in [3.8, 4) is 5.75 Å². The van der Waals surface area contributed by atoms with Crippen molar-refractivity contribution in [2.24, 2.45) is 5.73 Å². The third-order valence-corrected chi connectivity index (χ3v) is 2.41. The van der Waals surface area contributed by atoms with Crippen molar-refractivity contribution in [3.63, 3.8) is 0 Å². The normalized spacial score (nSPS) is 9.88. The van der Waals surface area contributed by atoms with E-state index in [-0.39, 0.29) is 5.84 Å². The first-order valence-corrected chi connectivity index (χ1v) is 5.37. The van der Waals surface area contributed by atoms with Crippen LogP contribution in [0.1, 0.15) is 11.1 Å². The molecule has 0 amide bonds. The molecule has 2 rings (SSSR count). The number of nitrogens with two attached hydrogens (primary N) is 1. The Morgan fingerprint density at radius 2 is 1.65 bits per heavy atom. The van der Waals surface area contributed by atoms with Crippen molar-refractivity contribution >= 4 is 5.84 Å². The Kier molecular flexibility index (Phi) is 3.40. The van der Waals surface area contributed by atoms with Gasteiger partial charge in [-0.3, -0.25) is 5.41 Å². The molecule has 0 bridgehead atoms. The molecule has 3 N–H and O–H groups in total. The maximum Gasteiger partial charge on any atom is 0.122 e. The average molecular weight is 226 g/mol. The summed E-state index contributed by atoms with van der Waals surface area (Å²) in [6.07, 6.45) is 0. The van der Waals surface area contributed by atoms with Crippen LogP contribution in [0, 0.1) is 5.41 Å². The lowest BCUT2D eigenvalue weighted by atomic mass is 10.2. The number of rotatable bonds is 4. The van der Waals surface area contributed by atoms with Crippen molar-refractivity contribution in [2.75, 3.05) is 0 Å². The minimum atomic E-state index is 0.0691. The van der Waals surface area contributed by atoms with E-state index in [2.05, 4.69) is 0 Å². The highest BCUT2D eigenvalue weighted by Crippen LogP contribution is 2.13. The SMILES string of the molecule is N=C(N)c1ccc(OCc2ccccc2)cc1. The van der Waals surface area contributed by atoms with Crippen LogP contribution < -0.4 is 10.5 Å². The topological polar surface area (TPSA) is 59.1 Å². The molecule has 17 heavy (non-hydrogen) atoms. The van der Waals surface area contributed by atoms with Crippen LogP contribution >= 0.6 is 0 Å². The lowest BCUT2D eigenvalue weighted by Gasteiger charge is -2.06. The quantitative estimate of drug-likeness (QED) is 0.621. The zero-order valence-electron chi connectivity index (χ0n) is 9.39. The molecule has 0 saturated carbocycles. The number of ether oxygens (including phenoxy) is 1. The van der Waals surface area contributed by atoms with E-state index in [0.717, 1.165) is 11.3 Å². The van der Waals surface area contributed by atoms with E-state index in [1.807, 2.05) is 42.5 Å². The monoisotopic (exact) mass is 226 g/mol. The van der Waals surface area contributed by atoms with Crippen molar-refractivity contribution in [3.05, 3.63) is 65.7 Å². The number of nitrogen functional groups attached to an aromatic ring is 1. The Morgan fingerprint density at radius 1 is 1.00 bits per heavy atom. The van der Waals surface area contributed by atoms with Crippen LogP contribution in [0.25, 0.3) is 0 Å². The number of benzene rings is 2. The van der Waals surface area contributed by atoms with Crippen LogP contribution in [-0.4, -0.2) is 5.84 Å². The number of amidine groups is 1. The van der Waals surface area contributed by atoms with Gasteiger partial charge in [0, 0.05) is 5.56 Å². The molecule has 0 aliphatic carbocycles. The van der Waals surface area contributed by atoms with Crippen LogP contribution in [0.15, 0.2) is 54.6 Å². The summed E-state index contributed by atoms with van der Waals surface area (Å²) in [6, 6.07) is 17.2. The van der Waals surface area contributed by atoms with Gasteiger partial charge in [0.2, 0.25) is 0 Å². The second kappa shape index (κ2) is 5.16. The zero-order chi connectivity index (χ0) is 12.1. The van der Waals surface area contributed by atoms with Crippen molar-refractivity contribution < 1.29 is 4.74 Å². The first-order valence-electron chi connectivity index (χ1n) is 5.37. The first-order chi connectivity index (χ1) is 8.25. The van der Waals surface area contributed by atoms with Gasteiger partial charge < -0.3 is 10.5 Å². The van der Waals surface area contributed by atoms with E-state index in [4.69, 9.17) is 15.9 Å². The second-order valence-electron chi connectivity index (χ2n) is 3.71. The third-order valence-electron chi connectivity index (χ3n) is 2.41. The maximum absolute atomic E-state index is 7.28. The van der Waals surface area contributed by atoms with Crippen molar-refractivity contribution in [1.82, 2.24) is 0 Å². The van der Waals surface area contributed by atoms with E-state index >= 15 is 0 Å². The third kappa shape index (κ3) is 3.08. The largest absolute Gasteiger partial charge is 0.489 e. The highest BCUT2D eigenvalue weighted by molar-refractivity contribution is 5.94. The van der Waals surface area contributed by atoms with Gasteiger partial charge in [0.25, 0.3) is 0 Å².